The minimum absolute atomic E-state index is 0.126. The number of nitrogens with two attached hydrogens (primary N) is 1. The summed E-state index contributed by atoms with van der Waals surface area (Å²) >= 11 is 9.19. The number of hydrazine groups is 1. The van der Waals surface area contributed by atoms with Crippen molar-refractivity contribution in [2.24, 2.45) is 17.7 Å². The second kappa shape index (κ2) is 6.53. The smallest absolute Gasteiger partial charge is 0.147 e. The molecule has 0 amide bonds. The molecule has 19 heavy (non-hydrogen) atoms. The van der Waals surface area contributed by atoms with Crippen LogP contribution in [0.15, 0.2) is 16.6 Å². The zero-order valence-corrected chi connectivity index (χ0v) is 13.3. The van der Waals surface area contributed by atoms with Crippen molar-refractivity contribution in [3.8, 4) is 0 Å². The van der Waals surface area contributed by atoms with Gasteiger partial charge in [0.25, 0.3) is 0 Å². The molecule has 3 atom stereocenters. The number of hydrogen-bond donors (Lipinski definition) is 2. The molecule has 0 bridgehead atoms. The fourth-order valence-electron chi connectivity index (χ4n) is 3.04. The lowest BCUT2D eigenvalue weighted by molar-refractivity contribution is 0.221. The average molecular weight is 350 g/mol. The molecule has 1 fully saturated rings. The van der Waals surface area contributed by atoms with Crippen molar-refractivity contribution < 1.29 is 4.39 Å². The Hall–Kier alpha value is -0.160. The molecule has 0 spiro atoms. The van der Waals surface area contributed by atoms with Gasteiger partial charge in [-0.05, 0) is 46.7 Å². The molecular formula is C14H19BrClFN2. The van der Waals surface area contributed by atoms with Gasteiger partial charge in [0, 0.05) is 10.0 Å². The molecule has 0 aliphatic heterocycles. The highest BCUT2D eigenvalue weighted by Crippen LogP contribution is 2.39. The Morgan fingerprint density at radius 1 is 1.47 bits per heavy atom. The molecule has 1 aliphatic rings. The Labute approximate surface area is 127 Å². The first-order chi connectivity index (χ1) is 9.04. The van der Waals surface area contributed by atoms with E-state index in [9.17, 15) is 4.39 Å². The van der Waals surface area contributed by atoms with Gasteiger partial charge in [0.15, 0.2) is 0 Å². The Bertz CT molecular complexity index is 455. The third-order valence-electron chi connectivity index (χ3n) is 4.03. The maximum absolute atomic E-state index is 14.3. The summed E-state index contributed by atoms with van der Waals surface area (Å²) in [6, 6.07) is 3.36. The first kappa shape index (κ1) is 15.2. The summed E-state index contributed by atoms with van der Waals surface area (Å²) in [4.78, 5) is 0. The third-order valence-corrected chi connectivity index (χ3v) is 5.29. The average Bonchev–Trinajstić information content (AvgIpc) is 2.40. The monoisotopic (exact) mass is 348 g/mol. The summed E-state index contributed by atoms with van der Waals surface area (Å²) in [5.74, 6) is 6.32. The van der Waals surface area contributed by atoms with Gasteiger partial charge in [-0.3, -0.25) is 11.3 Å². The summed E-state index contributed by atoms with van der Waals surface area (Å²) in [5.41, 5.74) is 3.35. The zero-order valence-electron chi connectivity index (χ0n) is 10.9. The highest BCUT2D eigenvalue weighted by Gasteiger charge is 2.29. The van der Waals surface area contributed by atoms with Gasteiger partial charge in [-0.15, -0.1) is 0 Å². The normalized spacial score (nSPS) is 25.3. The number of hydrogen-bond acceptors (Lipinski definition) is 2. The molecular weight excluding hydrogens is 331 g/mol. The lowest BCUT2D eigenvalue weighted by Crippen LogP contribution is -2.36. The molecule has 0 heterocycles. The molecule has 0 saturated heterocycles. The minimum atomic E-state index is -0.378. The van der Waals surface area contributed by atoms with E-state index in [1.165, 1.54) is 12.8 Å². The van der Waals surface area contributed by atoms with E-state index in [1.54, 1.807) is 12.1 Å². The predicted octanol–water partition coefficient (Wildman–Crippen LogP) is 4.57. The summed E-state index contributed by atoms with van der Waals surface area (Å²) < 4.78 is 14.9. The van der Waals surface area contributed by atoms with Crippen molar-refractivity contribution in [3.63, 3.8) is 0 Å². The van der Waals surface area contributed by atoms with E-state index in [0.29, 0.717) is 21.9 Å². The van der Waals surface area contributed by atoms with Crippen LogP contribution in [-0.4, -0.2) is 0 Å². The molecule has 1 aromatic rings. The van der Waals surface area contributed by atoms with Gasteiger partial charge in [0.1, 0.15) is 5.82 Å². The fraction of sp³-hybridized carbons (Fsp3) is 0.571. The van der Waals surface area contributed by atoms with Crippen molar-refractivity contribution in [3.05, 3.63) is 33.0 Å². The van der Waals surface area contributed by atoms with Crippen LogP contribution in [0.1, 0.15) is 44.2 Å². The second-order valence-corrected chi connectivity index (χ2v) is 6.67. The SMILES string of the molecule is CC1CCCC(C(NN)c2ccc(Br)c(Cl)c2F)C1. The quantitative estimate of drug-likeness (QED) is 0.476. The molecule has 0 aromatic heterocycles. The van der Waals surface area contributed by atoms with Crippen LogP contribution in [0, 0.1) is 17.7 Å². The van der Waals surface area contributed by atoms with Gasteiger partial charge < -0.3 is 0 Å². The van der Waals surface area contributed by atoms with E-state index >= 15 is 0 Å². The standard InChI is InChI=1S/C14H19BrClFN2/c1-8-3-2-4-9(7-8)14(19-18)10-5-6-11(15)12(16)13(10)17/h5-6,8-9,14,19H,2-4,7,18H2,1H3. The van der Waals surface area contributed by atoms with Crippen LogP contribution < -0.4 is 11.3 Å². The highest BCUT2D eigenvalue weighted by molar-refractivity contribution is 9.10. The van der Waals surface area contributed by atoms with Gasteiger partial charge in [-0.2, -0.15) is 0 Å². The second-order valence-electron chi connectivity index (χ2n) is 5.44. The summed E-state index contributed by atoms with van der Waals surface area (Å²) in [6.45, 7) is 2.24. The fourth-order valence-corrected chi connectivity index (χ4v) is 3.52. The summed E-state index contributed by atoms with van der Waals surface area (Å²) in [6.07, 6.45) is 4.57. The number of halogens is 3. The molecule has 0 radical (unpaired) electrons. The molecule has 5 heteroatoms. The lowest BCUT2D eigenvalue weighted by Gasteiger charge is -2.33. The van der Waals surface area contributed by atoms with Gasteiger partial charge in [0.2, 0.25) is 0 Å². The van der Waals surface area contributed by atoms with E-state index in [-0.39, 0.29) is 16.9 Å². The van der Waals surface area contributed by atoms with Gasteiger partial charge in [0.05, 0.1) is 11.1 Å². The highest BCUT2D eigenvalue weighted by atomic mass is 79.9. The molecule has 2 rings (SSSR count). The van der Waals surface area contributed by atoms with Crippen LogP contribution in [0.25, 0.3) is 0 Å². The van der Waals surface area contributed by atoms with E-state index in [2.05, 4.69) is 28.3 Å². The van der Waals surface area contributed by atoms with Crippen LogP contribution in [-0.2, 0) is 0 Å². The van der Waals surface area contributed by atoms with Crippen molar-refractivity contribution in [2.75, 3.05) is 0 Å². The van der Waals surface area contributed by atoms with Crippen LogP contribution in [0.4, 0.5) is 4.39 Å². The zero-order chi connectivity index (χ0) is 14.0. The summed E-state index contributed by atoms with van der Waals surface area (Å²) in [7, 11) is 0. The molecule has 3 N–H and O–H groups in total. The van der Waals surface area contributed by atoms with E-state index in [1.807, 2.05) is 0 Å². The predicted molar refractivity (Wildman–Crippen MR) is 80.3 cm³/mol. The topological polar surface area (TPSA) is 38.0 Å². The maximum Gasteiger partial charge on any atom is 0.147 e. The van der Waals surface area contributed by atoms with Crippen molar-refractivity contribution >= 4 is 27.5 Å². The molecule has 2 nitrogen and oxygen atoms in total. The molecule has 1 saturated carbocycles. The first-order valence-electron chi connectivity index (χ1n) is 6.64. The van der Waals surface area contributed by atoms with E-state index in [4.69, 9.17) is 17.4 Å². The van der Waals surface area contributed by atoms with E-state index < -0.39 is 0 Å². The number of rotatable bonds is 3. The molecule has 106 valence electrons. The maximum atomic E-state index is 14.3. The Morgan fingerprint density at radius 2 is 2.21 bits per heavy atom. The third kappa shape index (κ3) is 3.30. The van der Waals surface area contributed by atoms with Crippen LogP contribution in [0.2, 0.25) is 5.02 Å². The van der Waals surface area contributed by atoms with Crippen molar-refractivity contribution in [1.29, 1.82) is 0 Å². The largest absolute Gasteiger partial charge is 0.271 e. The first-order valence-corrected chi connectivity index (χ1v) is 7.81. The van der Waals surface area contributed by atoms with Gasteiger partial charge in [-0.1, -0.05) is 37.4 Å². The number of benzene rings is 1. The van der Waals surface area contributed by atoms with Crippen molar-refractivity contribution in [2.45, 2.75) is 38.6 Å². The minimum Gasteiger partial charge on any atom is -0.271 e. The molecule has 1 aliphatic carbocycles. The van der Waals surface area contributed by atoms with Crippen LogP contribution in [0.5, 0.6) is 0 Å². The lowest BCUT2D eigenvalue weighted by atomic mass is 9.77. The number of nitrogens with one attached hydrogen (secondary N) is 1. The van der Waals surface area contributed by atoms with Crippen LogP contribution >= 0.6 is 27.5 Å². The van der Waals surface area contributed by atoms with Gasteiger partial charge >= 0.3 is 0 Å². The van der Waals surface area contributed by atoms with Crippen molar-refractivity contribution in [1.82, 2.24) is 5.43 Å². The Morgan fingerprint density at radius 3 is 2.84 bits per heavy atom. The Balaban J connectivity index is 2.29. The molecule has 3 unspecified atom stereocenters. The van der Waals surface area contributed by atoms with Gasteiger partial charge in [-0.25, -0.2) is 4.39 Å². The van der Waals surface area contributed by atoms with E-state index in [0.717, 1.165) is 12.8 Å². The van der Waals surface area contributed by atoms with Crippen LogP contribution in [0.3, 0.4) is 0 Å². The Kier molecular flexibility index (Phi) is 5.23. The summed E-state index contributed by atoms with van der Waals surface area (Å²) in [5, 5.41) is 0.126. The molecule has 1 aromatic carbocycles.